The van der Waals surface area contributed by atoms with Gasteiger partial charge in [-0.05, 0) is 44.6 Å². The third-order valence-electron chi connectivity index (χ3n) is 3.77. The van der Waals surface area contributed by atoms with Crippen LogP contribution in [0.15, 0.2) is 12.1 Å². The minimum atomic E-state index is -0.746. The Morgan fingerprint density at radius 3 is 2.70 bits per heavy atom. The van der Waals surface area contributed by atoms with Gasteiger partial charge >= 0.3 is 5.97 Å². The van der Waals surface area contributed by atoms with Crippen molar-refractivity contribution in [2.75, 3.05) is 20.6 Å². The molecule has 20 heavy (non-hydrogen) atoms. The Kier molecular flexibility index (Phi) is 4.30. The van der Waals surface area contributed by atoms with Gasteiger partial charge in [0.1, 0.15) is 5.75 Å². The highest BCUT2D eigenvalue weighted by atomic mass is 16.4. The number of aromatic hydroxyl groups is 1. The molecule has 1 saturated heterocycles. The van der Waals surface area contributed by atoms with Gasteiger partial charge < -0.3 is 20.4 Å². The van der Waals surface area contributed by atoms with Crippen molar-refractivity contribution in [1.82, 2.24) is 10.2 Å². The molecule has 0 radical (unpaired) electrons. The van der Waals surface area contributed by atoms with Gasteiger partial charge in [-0.15, -0.1) is 0 Å². The van der Waals surface area contributed by atoms with Gasteiger partial charge in [-0.2, -0.15) is 0 Å². The van der Waals surface area contributed by atoms with E-state index < -0.39 is 5.97 Å². The summed E-state index contributed by atoms with van der Waals surface area (Å²) in [7, 11) is 3.91. The molecule has 0 aromatic heterocycles. The Morgan fingerprint density at radius 1 is 1.45 bits per heavy atom. The number of nitrogens with one attached hydrogen (secondary N) is 1. The zero-order chi connectivity index (χ0) is 14.9. The van der Waals surface area contributed by atoms with E-state index >= 15 is 0 Å². The average molecular weight is 278 g/mol. The monoisotopic (exact) mass is 278 g/mol. The Balaban J connectivity index is 2.25. The lowest BCUT2D eigenvalue weighted by molar-refractivity contribution is -0.141. The average Bonchev–Trinajstić information content (AvgIpc) is 2.83. The lowest BCUT2D eigenvalue weighted by Gasteiger charge is -2.18. The Bertz CT molecular complexity index is 514. The highest BCUT2D eigenvalue weighted by Crippen LogP contribution is 2.32. The molecule has 1 aromatic carbocycles. The Labute approximate surface area is 119 Å². The van der Waals surface area contributed by atoms with Crippen molar-refractivity contribution in [3.8, 4) is 5.75 Å². The molecule has 2 rings (SSSR count). The molecular weight excluding hydrogens is 256 g/mol. The smallest absolute Gasteiger partial charge is 0.307 e. The maximum Gasteiger partial charge on any atom is 0.307 e. The van der Waals surface area contributed by atoms with Crippen LogP contribution in [0.3, 0.4) is 0 Å². The molecule has 1 aliphatic rings. The SMILES string of the molecule is Cc1cc(C2CC(C(=O)O)CN2)cc(CN(C)C)c1O. The Hall–Kier alpha value is -1.59. The molecular formula is C15H22N2O3. The van der Waals surface area contributed by atoms with Crippen LogP contribution in [0.25, 0.3) is 0 Å². The van der Waals surface area contributed by atoms with Crippen molar-refractivity contribution in [2.45, 2.75) is 25.9 Å². The van der Waals surface area contributed by atoms with Gasteiger partial charge in [0.15, 0.2) is 0 Å². The molecule has 1 aromatic rings. The van der Waals surface area contributed by atoms with Crippen molar-refractivity contribution < 1.29 is 15.0 Å². The van der Waals surface area contributed by atoms with Crippen LogP contribution < -0.4 is 5.32 Å². The van der Waals surface area contributed by atoms with Crippen molar-refractivity contribution >= 4 is 5.97 Å². The second-order valence-corrected chi connectivity index (χ2v) is 5.82. The van der Waals surface area contributed by atoms with Crippen LogP contribution in [0.2, 0.25) is 0 Å². The molecule has 110 valence electrons. The van der Waals surface area contributed by atoms with E-state index in [1.54, 1.807) is 0 Å². The number of carbonyl (C=O) groups is 1. The number of carboxylic acids is 1. The maximum atomic E-state index is 11.0. The summed E-state index contributed by atoms with van der Waals surface area (Å²) in [6.07, 6.45) is 0.598. The van der Waals surface area contributed by atoms with Crippen LogP contribution in [0.5, 0.6) is 5.75 Å². The number of aliphatic carboxylic acids is 1. The van der Waals surface area contributed by atoms with Gasteiger partial charge in [-0.1, -0.05) is 6.07 Å². The van der Waals surface area contributed by atoms with Gasteiger partial charge in [0.2, 0.25) is 0 Å². The first-order valence-corrected chi connectivity index (χ1v) is 6.81. The zero-order valence-corrected chi connectivity index (χ0v) is 12.2. The highest BCUT2D eigenvalue weighted by Gasteiger charge is 2.30. The van der Waals surface area contributed by atoms with E-state index in [4.69, 9.17) is 5.11 Å². The molecule has 3 N–H and O–H groups in total. The first kappa shape index (κ1) is 14.8. The van der Waals surface area contributed by atoms with Crippen LogP contribution in [0, 0.1) is 12.8 Å². The summed E-state index contributed by atoms with van der Waals surface area (Å²) in [5.41, 5.74) is 2.77. The quantitative estimate of drug-likeness (QED) is 0.778. The predicted octanol–water partition coefficient (Wildman–Crippen LogP) is 1.50. The molecule has 0 amide bonds. The van der Waals surface area contributed by atoms with Crippen LogP contribution in [-0.4, -0.2) is 41.7 Å². The first-order valence-electron chi connectivity index (χ1n) is 6.81. The predicted molar refractivity (Wildman–Crippen MR) is 76.7 cm³/mol. The second kappa shape index (κ2) is 5.81. The molecule has 0 aliphatic carbocycles. The van der Waals surface area contributed by atoms with E-state index in [1.165, 1.54) is 0 Å². The molecule has 5 nitrogen and oxygen atoms in total. The summed E-state index contributed by atoms with van der Waals surface area (Å²) in [5, 5.41) is 22.4. The van der Waals surface area contributed by atoms with Crippen molar-refractivity contribution in [3.05, 3.63) is 28.8 Å². The Morgan fingerprint density at radius 2 is 2.15 bits per heavy atom. The summed E-state index contributed by atoms with van der Waals surface area (Å²) in [4.78, 5) is 13.0. The molecule has 0 saturated carbocycles. The maximum absolute atomic E-state index is 11.0. The first-order chi connectivity index (χ1) is 9.38. The van der Waals surface area contributed by atoms with Crippen LogP contribution in [0.4, 0.5) is 0 Å². The number of hydrogen-bond donors (Lipinski definition) is 3. The summed E-state index contributed by atoms with van der Waals surface area (Å²) in [5.74, 6) is -0.745. The van der Waals surface area contributed by atoms with Crippen molar-refractivity contribution in [1.29, 1.82) is 0 Å². The van der Waals surface area contributed by atoms with Gasteiger partial charge in [0.05, 0.1) is 5.92 Å². The lowest BCUT2D eigenvalue weighted by atomic mass is 9.96. The third-order valence-corrected chi connectivity index (χ3v) is 3.77. The number of benzene rings is 1. The minimum Gasteiger partial charge on any atom is -0.507 e. The number of rotatable bonds is 4. The number of carboxylic acid groups (broad SMARTS) is 1. The van der Waals surface area contributed by atoms with Crippen LogP contribution in [-0.2, 0) is 11.3 Å². The molecule has 2 unspecified atom stereocenters. The fraction of sp³-hybridized carbons (Fsp3) is 0.533. The second-order valence-electron chi connectivity index (χ2n) is 5.82. The van der Waals surface area contributed by atoms with Crippen LogP contribution in [0.1, 0.15) is 29.2 Å². The van der Waals surface area contributed by atoms with E-state index in [9.17, 15) is 9.90 Å². The standard InChI is InChI=1S/C15H22N2O3/c1-9-4-10(5-12(14(9)18)8-17(2)3)13-6-11(7-16-13)15(19)20/h4-5,11,13,16,18H,6-8H2,1-3H3,(H,19,20). The number of phenols is 1. The fourth-order valence-corrected chi connectivity index (χ4v) is 2.72. The molecule has 1 fully saturated rings. The number of aryl methyl sites for hydroxylation is 1. The van der Waals surface area contributed by atoms with E-state index in [1.807, 2.05) is 38.1 Å². The van der Waals surface area contributed by atoms with E-state index in [-0.39, 0.29) is 12.0 Å². The van der Waals surface area contributed by atoms with Gasteiger partial charge in [-0.25, -0.2) is 0 Å². The summed E-state index contributed by atoms with van der Waals surface area (Å²) < 4.78 is 0. The van der Waals surface area contributed by atoms with Gasteiger partial charge in [0.25, 0.3) is 0 Å². The van der Waals surface area contributed by atoms with Crippen LogP contribution >= 0.6 is 0 Å². The largest absolute Gasteiger partial charge is 0.507 e. The molecule has 0 bridgehead atoms. The molecule has 1 aliphatic heterocycles. The molecule has 1 heterocycles. The van der Waals surface area contributed by atoms with Gasteiger partial charge in [-0.3, -0.25) is 4.79 Å². The topological polar surface area (TPSA) is 72.8 Å². The molecule has 0 spiro atoms. The number of nitrogens with zero attached hydrogens (tertiary/aromatic N) is 1. The number of phenolic OH excluding ortho intramolecular Hbond substituents is 1. The summed E-state index contributed by atoms with van der Waals surface area (Å²) >= 11 is 0. The summed E-state index contributed by atoms with van der Waals surface area (Å²) in [6, 6.07) is 3.97. The molecule has 5 heteroatoms. The van der Waals surface area contributed by atoms with E-state index in [2.05, 4.69) is 5.32 Å². The van der Waals surface area contributed by atoms with Gasteiger partial charge in [0, 0.05) is 24.7 Å². The van der Waals surface area contributed by atoms with E-state index in [0.717, 1.165) is 16.7 Å². The minimum absolute atomic E-state index is 0.0521. The fourth-order valence-electron chi connectivity index (χ4n) is 2.72. The summed E-state index contributed by atoms with van der Waals surface area (Å²) in [6.45, 7) is 3.04. The number of hydrogen-bond acceptors (Lipinski definition) is 4. The highest BCUT2D eigenvalue weighted by molar-refractivity contribution is 5.70. The third kappa shape index (κ3) is 3.11. The molecule has 2 atom stereocenters. The van der Waals surface area contributed by atoms with Crippen molar-refractivity contribution in [3.63, 3.8) is 0 Å². The van der Waals surface area contributed by atoms with E-state index in [0.29, 0.717) is 25.3 Å². The normalized spacial score (nSPS) is 22.4. The zero-order valence-electron chi connectivity index (χ0n) is 12.2. The van der Waals surface area contributed by atoms with Crippen molar-refractivity contribution in [2.24, 2.45) is 5.92 Å². The lowest BCUT2D eigenvalue weighted by Crippen LogP contribution is -2.17.